The number of urea groups is 1. The molecule has 1 aromatic carbocycles. The molecule has 0 saturated carbocycles. The second-order valence-electron chi connectivity index (χ2n) is 3.91. The summed E-state index contributed by atoms with van der Waals surface area (Å²) in [7, 11) is 0. The highest BCUT2D eigenvalue weighted by atomic mass is 16.3. The molecule has 7 heteroatoms. The van der Waals surface area contributed by atoms with E-state index in [4.69, 9.17) is 0 Å². The van der Waals surface area contributed by atoms with Gasteiger partial charge in [-0.2, -0.15) is 5.10 Å². The summed E-state index contributed by atoms with van der Waals surface area (Å²) >= 11 is 0. The molecule has 0 fully saturated rings. The Hall–Kier alpha value is -2.83. The Bertz CT molecular complexity index is 646. The lowest BCUT2D eigenvalue weighted by Crippen LogP contribution is -2.21. The summed E-state index contributed by atoms with van der Waals surface area (Å²) in [5.41, 5.74) is 0.833. The summed E-state index contributed by atoms with van der Waals surface area (Å²) in [6.45, 7) is 1.84. The molecule has 0 unspecified atom stereocenters. The fourth-order valence-electron chi connectivity index (χ4n) is 1.43. The molecular weight excluding hydrogens is 248 g/mol. The van der Waals surface area contributed by atoms with Crippen molar-refractivity contribution < 1.29 is 9.90 Å². The lowest BCUT2D eigenvalue weighted by Gasteiger charge is -2.08. The fourth-order valence-corrected chi connectivity index (χ4v) is 1.43. The van der Waals surface area contributed by atoms with Gasteiger partial charge in [-0.25, -0.2) is 9.89 Å². The van der Waals surface area contributed by atoms with Crippen molar-refractivity contribution in [2.45, 2.75) is 6.92 Å². The summed E-state index contributed by atoms with van der Waals surface area (Å²) in [6, 6.07) is 6.89. The molecule has 0 atom stereocenters. The van der Waals surface area contributed by atoms with Crippen molar-refractivity contribution >= 4 is 17.5 Å². The number of nitrogens with zero attached hydrogens (tertiary/aromatic N) is 1. The largest absolute Gasteiger partial charge is 0.506 e. The van der Waals surface area contributed by atoms with Gasteiger partial charge < -0.3 is 10.4 Å². The molecule has 7 nitrogen and oxygen atoms in total. The number of hydrogen-bond acceptors (Lipinski definition) is 4. The average Bonchev–Trinajstić information content (AvgIpc) is 2.37. The summed E-state index contributed by atoms with van der Waals surface area (Å²) in [6.07, 6.45) is 0. The van der Waals surface area contributed by atoms with E-state index < -0.39 is 6.03 Å². The molecule has 0 saturated heterocycles. The first-order valence-electron chi connectivity index (χ1n) is 5.48. The predicted octanol–water partition coefficient (Wildman–Crippen LogP) is 1.43. The van der Waals surface area contributed by atoms with E-state index in [0.29, 0.717) is 5.69 Å². The molecule has 1 aromatic heterocycles. The maximum Gasteiger partial charge on any atom is 0.325 e. The Morgan fingerprint density at radius 3 is 2.74 bits per heavy atom. The van der Waals surface area contributed by atoms with Gasteiger partial charge in [-0.3, -0.25) is 10.1 Å². The highest BCUT2D eigenvalue weighted by Crippen LogP contribution is 2.23. The minimum Gasteiger partial charge on any atom is -0.506 e. The number of amides is 2. The van der Waals surface area contributed by atoms with Crippen molar-refractivity contribution in [2.24, 2.45) is 0 Å². The van der Waals surface area contributed by atoms with E-state index in [1.54, 1.807) is 12.1 Å². The molecule has 98 valence electrons. The van der Waals surface area contributed by atoms with E-state index >= 15 is 0 Å². The Morgan fingerprint density at radius 1 is 1.26 bits per heavy atom. The number of carbonyl (C=O) groups excluding carboxylic acids is 1. The maximum atomic E-state index is 11.7. The lowest BCUT2D eigenvalue weighted by molar-refractivity contribution is 0.262. The quantitative estimate of drug-likeness (QED) is 0.612. The molecule has 0 spiro atoms. The van der Waals surface area contributed by atoms with Crippen molar-refractivity contribution in [1.29, 1.82) is 0 Å². The third-order valence-corrected chi connectivity index (χ3v) is 2.32. The van der Waals surface area contributed by atoms with E-state index in [2.05, 4.69) is 20.8 Å². The minimum absolute atomic E-state index is 0.0322. The predicted molar refractivity (Wildman–Crippen MR) is 70.3 cm³/mol. The fraction of sp³-hybridized carbons (Fsp3) is 0.0833. The number of aryl methyl sites for hydroxylation is 1. The zero-order valence-electron chi connectivity index (χ0n) is 10.1. The van der Waals surface area contributed by atoms with Gasteiger partial charge in [0.25, 0.3) is 5.56 Å². The van der Waals surface area contributed by atoms with Gasteiger partial charge in [0.05, 0.1) is 5.69 Å². The Labute approximate surface area is 108 Å². The van der Waals surface area contributed by atoms with Gasteiger partial charge in [-0.05, 0) is 30.7 Å². The van der Waals surface area contributed by atoms with Gasteiger partial charge in [-0.1, -0.05) is 6.07 Å². The van der Waals surface area contributed by atoms with Crippen molar-refractivity contribution in [1.82, 2.24) is 10.2 Å². The summed E-state index contributed by atoms with van der Waals surface area (Å²) in [5.74, 6) is 0.166. The summed E-state index contributed by atoms with van der Waals surface area (Å²) in [4.78, 5) is 22.5. The summed E-state index contributed by atoms with van der Waals surface area (Å²) in [5, 5.41) is 20.3. The van der Waals surface area contributed by atoms with Crippen molar-refractivity contribution in [3.05, 3.63) is 46.2 Å². The maximum absolute atomic E-state index is 11.7. The molecule has 2 rings (SSSR count). The number of nitrogens with one attached hydrogen (secondary N) is 3. The molecule has 0 aliphatic carbocycles. The molecule has 2 aromatic rings. The number of aromatic amines is 1. The lowest BCUT2D eigenvalue weighted by atomic mass is 10.2. The number of phenolic OH excluding ortho intramolecular Hbond substituents is 1. The van der Waals surface area contributed by atoms with Gasteiger partial charge in [0.1, 0.15) is 5.75 Å². The monoisotopic (exact) mass is 260 g/mol. The van der Waals surface area contributed by atoms with E-state index in [1.807, 2.05) is 6.92 Å². The Balaban J connectivity index is 2.07. The topological polar surface area (TPSA) is 107 Å². The summed E-state index contributed by atoms with van der Waals surface area (Å²) < 4.78 is 0. The molecular formula is C12H12N4O3. The number of H-pyrrole nitrogens is 1. The smallest absolute Gasteiger partial charge is 0.325 e. The van der Waals surface area contributed by atoms with Gasteiger partial charge in [0, 0.05) is 6.07 Å². The number of phenols is 1. The van der Waals surface area contributed by atoms with Crippen LogP contribution in [-0.4, -0.2) is 21.3 Å². The van der Waals surface area contributed by atoms with Gasteiger partial charge in [0.15, 0.2) is 5.82 Å². The number of hydrogen-bond donors (Lipinski definition) is 4. The van der Waals surface area contributed by atoms with Crippen LogP contribution in [0.25, 0.3) is 0 Å². The number of aromatic hydroxyl groups is 1. The molecule has 2 amide bonds. The van der Waals surface area contributed by atoms with Crippen LogP contribution in [0.2, 0.25) is 0 Å². The van der Waals surface area contributed by atoms with Crippen molar-refractivity contribution in [2.75, 3.05) is 10.6 Å². The Kier molecular flexibility index (Phi) is 3.46. The number of aromatic nitrogens is 2. The van der Waals surface area contributed by atoms with E-state index in [-0.39, 0.29) is 17.1 Å². The van der Waals surface area contributed by atoms with Crippen LogP contribution in [0.1, 0.15) is 5.56 Å². The third kappa shape index (κ3) is 3.32. The number of rotatable bonds is 2. The van der Waals surface area contributed by atoms with Crippen LogP contribution in [0.5, 0.6) is 5.75 Å². The second kappa shape index (κ2) is 5.21. The average molecular weight is 260 g/mol. The van der Waals surface area contributed by atoms with Crippen LogP contribution in [-0.2, 0) is 0 Å². The minimum atomic E-state index is -0.569. The first-order valence-corrected chi connectivity index (χ1v) is 5.48. The molecule has 0 radical (unpaired) electrons. The normalized spacial score (nSPS) is 9.95. The van der Waals surface area contributed by atoms with Crippen molar-refractivity contribution in [3.63, 3.8) is 0 Å². The van der Waals surface area contributed by atoms with E-state index in [1.165, 1.54) is 18.2 Å². The number of carbonyl (C=O) groups is 1. The van der Waals surface area contributed by atoms with Gasteiger partial charge in [0.2, 0.25) is 0 Å². The highest BCUT2D eigenvalue weighted by molar-refractivity contribution is 6.00. The number of benzene rings is 1. The zero-order chi connectivity index (χ0) is 13.8. The molecule has 1 heterocycles. The molecule has 19 heavy (non-hydrogen) atoms. The van der Waals surface area contributed by atoms with E-state index in [9.17, 15) is 14.7 Å². The van der Waals surface area contributed by atoms with Crippen LogP contribution in [0.4, 0.5) is 16.3 Å². The molecule has 0 bridgehead atoms. The van der Waals surface area contributed by atoms with Gasteiger partial charge in [-0.15, -0.1) is 0 Å². The van der Waals surface area contributed by atoms with Crippen LogP contribution in [0.15, 0.2) is 35.1 Å². The Morgan fingerprint density at radius 2 is 2.05 bits per heavy atom. The number of anilines is 2. The van der Waals surface area contributed by atoms with E-state index in [0.717, 1.165) is 5.56 Å². The molecule has 0 aliphatic heterocycles. The van der Waals surface area contributed by atoms with Gasteiger partial charge >= 0.3 is 6.03 Å². The van der Waals surface area contributed by atoms with Crippen LogP contribution in [0, 0.1) is 6.92 Å². The van der Waals surface area contributed by atoms with Crippen molar-refractivity contribution in [3.8, 4) is 5.75 Å². The molecule has 0 aliphatic rings. The molecule has 4 N–H and O–H groups in total. The standard InChI is InChI=1S/C12H12N4O3/c1-7-2-3-9(17)8(6-7)13-12(19)14-10-4-5-11(18)16-15-10/h2-6,17H,1H3,(H,16,18)(H2,13,14,15,19). The SMILES string of the molecule is Cc1ccc(O)c(NC(=O)Nc2ccc(=O)[nH]n2)c1. The highest BCUT2D eigenvalue weighted by Gasteiger charge is 2.07. The van der Waals surface area contributed by atoms with Crippen LogP contribution < -0.4 is 16.2 Å². The first-order chi connectivity index (χ1) is 9.04. The second-order valence-corrected chi connectivity index (χ2v) is 3.91. The van der Waals surface area contributed by atoms with Crippen LogP contribution in [0.3, 0.4) is 0 Å². The third-order valence-electron chi connectivity index (χ3n) is 2.32. The van der Waals surface area contributed by atoms with Crippen LogP contribution >= 0.6 is 0 Å². The zero-order valence-corrected chi connectivity index (χ0v) is 10.1. The first kappa shape index (κ1) is 12.6.